The topological polar surface area (TPSA) is 28.7 Å². The lowest BCUT2D eigenvalue weighted by Gasteiger charge is -2.03. The molecule has 0 aliphatic rings. The molecule has 1 rings (SSSR count). The maximum absolute atomic E-state index is 4.27. The summed E-state index contributed by atoms with van der Waals surface area (Å²) >= 11 is 0. The van der Waals surface area contributed by atoms with E-state index in [1.807, 2.05) is 12.4 Å². The molecule has 2 nitrogen and oxygen atoms in total. The van der Waals surface area contributed by atoms with E-state index in [0.717, 1.165) is 12.2 Å². The Kier molecular flexibility index (Phi) is 14.2. The molecule has 1 heterocycles. The molecule has 0 amide bonds. The van der Waals surface area contributed by atoms with Crippen LogP contribution in [-0.2, 0) is 6.42 Å². The number of hydrogen-bond donors (Lipinski definition) is 1. The van der Waals surface area contributed by atoms with Gasteiger partial charge in [-0.05, 0) is 6.42 Å². The van der Waals surface area contributed by atoms with Crippen molar-refractivity contribution in [1.29, 1.82) is 0 Å². The molecule has 0 bridgehead atoms. The first-order valence-corrected chi connectivity index (χ1v) is 10.4. The van der Waals surface area contributed by atoms with Crippen LogP contribution in [0.15, 0.2) is 12.4 Å². The van der Waals surface area contributed by atoms with Crippen LogP contribution in [0.5, 0.6) is 0 Å². The Morgan fingerprint density at radius 2 is 1.09 bits per heavy atom. The fourth-order valence-electron chi connectivity index (χ4n) is 3.28. The van der Waals surface area contributed by atoms with Crippen molar-refractivity contribution in [1.82, 2.24) is 9.97 Å². The molecule has 1 aromatic heterocycles. The van der Waals surface area contributed by atoms with E-state index < -0.39 is 0 Å². The van der Waals surface area contributed by atoms with Gasteiger partial charge in [0.05, 0.1) is 0 Å². The van der Waals surface area contributed by atoms with E-state index in [2.05, 4.69) is 16.9 Å². The Morgan fingerprint density at radius 3 is 1.48 bits per heavy atom. The number of nitrogens with one attached hydrogen (secondary N) is 1. The minimum absolute atomic E-state index is 1.12. The Bertz CT molecular complexity index is 319. The van der Waals surface area contributed by atoms with Gasteiger partial charge in [0.25, 0.3) is 0 Å². The summed E-state index contributed by atoms with van der Waals surface area (Å²) < 4.78 is 0. The number of hydrogen-bond acceptors (Lipinski definition) is 1. The highest BCUT2D eigenvalue weighted by Crippen LogP contribution is 2.14. The first-order chi connectivity index (χ1) is 11.4. The van der Waals surface area contributed by atoms with Gasteiger partial charge in [0.15, 0.2) is 0 Å². The number of unbranched alkanes of at least 4 members (excludes halogenated alkanes) is 15. The molecular weight excluding hydrogens is 280 g/mol. The highest BCUT2D eigenvalue weighted by Gasteiger charge is 1.96. The number of aryl methyl sites for hydroxylation is 1. The number of aromatic nitrogens is 2. The van der Waals surface area contributed by atoms with Crippen molar-refractivity contribution in [2.75, 3.05) is 0 Å². The lowest BCUT2D eigenvalue weighted by molar-refractivity contribution is 0.529. The fourth-order valence-corrected chi connectivity index (χ4v) is 3.28. The zero-order chi connectivity index (χ0) is 16.4. The van der Waals surface area contributed by atoms with Gasteiger partial charge in [-0.15, -0.1) is 0 Å². The number of rotatable bonds is 17. The zero-order valence-corrected chi connectivity index (χ0v) is 15.6. The van der Waals surface area contributed by atoms with Gasteiger partial charge in [-0.3, -0.25) is 0 Å². The van der Waals surface area contributed by atoms with Crippen LogP contribution in [0.2, 0.25) is 0 Å². The van der Waals surface area contributed by atoms with Gasteiger partial charge >= 0.3 is 0 Å². The number of nitrogens with zero attached hydrogens (tertiary/aromatic N) is 1. The van der Waals surface area contributed by atoms with Crippen molar-refractivity contribution >= 4 is 0 Å². The largest absolute Gasteiger partial charge is 0.349 e. The van der Waals surface area contributed by atoms with E-state index in [1.165, 1.54) is 103 Å². The molecule has 0 atom stereocenters. The maximum Gasteiger partial charge on any atom is 0.105 e. The van der Waals surface area contributed by atoms with Crippen molar-refractivity contribution < 1.29 is 0 Å². The molecule has 1 aromatic rings. The van der Waals surface area contributed by atoms with Gasteiger partial charge in [-0.2, -0.15) is 0 Å². The standard InChI is InChI=1S/C21H40N2/c1-2-3-4-5-6-7-8-9-10-11-12-13-14-15-16-17-18-21-22-19-20-23-21/h19-20H,2-18H2,1H3,(H,22,23). The summed E-state index contributed by atoms with van der Waals surface area (Å²) in [5.41, 5.74) is 0. The van der Waals surface area contributed by atoms with E-state index in [1.54, 1.807) is 0 Å². The van der Waals surface area contributed by atoms with Crippen molar-refractivity contribution in [3.63, 3.8) is 0 Å². The average molecular weight is 321 g/mol. The predicted octanol–water partition coefficient (Wildman–Crippen LogP) is 7.21. The second-order valence-electron chi connectivity index (χ2n) is 7.09. The van der Waals surface area contributed by atoms with Gasteiger partial charge in [0.2, 0.25) is 0 Å². The van der Waals surface area contributed by atoms with Crippen LogP contribution in [0, 0.1) is 0 Å². The Labute approximate surface area is 144 Å². The van der Waals surface area contributed by atoms with Crippen molar-refractivity contribution in [3.05, 3.63) is 18.2 Å². The fraction of sp³-hybridized carbons (Fsp3) is 0.857. The van der Waals surface area contributed by atoms with Crippen LogP contribution < -0.4 is 0 Å². The first-order valence-electron chi connectivity index (χ1n) is 10.4. The summed E-state index contributed by atoms with van der Waals surface area (Å²) in [5.74, 6) is 1.15. The Balaban J connectivity index is 1.67. The molecule has 0 radical (unpaired) electrons. The molecule has 0 aliphatic heterocycles. The summed E-state index contributed by atoms with van der Waals surface area (Å²) in [7, 11) is 0. The normalized spacial score (nSPS) is 11.2. The zero-order valence-electron chi connectivity index (χ0n) is 15.6. The van der Waals surface area contributed by atoms with Gasteiger partial charge < -0.3 is 4.98 Å². The molecule has 23 heavy (non-hydrogen) atoms. The molecule has 0 saturated carbocycles. The lowest BCUT2D eigenvalue weighted by atomic mass is 10.0. The highest BCUT2D eigenvalue weighted by molar-refractivity contribution is 4.86. The summed E-state index contributed by atoms with van der Waals surface area (Å²) in [4.78, 5) is 7.45. The number of imidazole rings is 1. The summed E-state index contributed by atoms with van der Waals surface area (Å²) in [6.07, 6.45) is 27.8. The molecule has 0 unspecified atom stereocenters. The van der Waals surface area contributed by atoms with Crippen molar-refractivity contribution in [2.45, 2.75) is 116 Å². The van der Waals surface area contributed by atoms with Gasteiger partial charge in [-0.1, -0.05) is 103 Å². The van der Waals surface area contributed by atoms with E-state index in [0.29, 0.717) is 0 Å². The van der Waals surface area contributed by atoms with Crippen LogP contribution in [0.3, 0.4) is 0 Å². The first kappa shape index (κ1) is 20.3. The van der Waals surface area contributed by atoms with Crippen molar-refractivity contribution in [3.8, 4) is 0 Å². The third-order valence-corrected chi connectivity index (χ3v) is 4.82. The van der Waals surface area contributed by atoms with Crippen molar-refractivity contribution in [2.24, 2.45) is 0 Å². The van der Waals surface area contributed by atoms with Gasteiger partial charge in [-0.25, -0.2) is 4.98 Å². The molecular formula is C21H40N2. The molecule has 0 aliphatic carbocycles. The monoisotopic (exact) mass is 320 g/mol. The average Bonchev–Trinajstić information content (AvgIpc) is 3.08. The minimum Gasteiger partial charge on any atom is -0.349 e. The Hall–Kier alpha value is -0.790. The molecule has 0 spiro atoms. The maximum atomic E-state index is 4.27. The quantitative estimate of drug-likeness (QED) is 0.302. The molecule has 2 heteroatoms. The third kappa shape index (κ3) is 13.4. The minimum atomic E-state index is 1.12. The summed E-state index contributed by atoms with van der Waals surface area (Å²) in [6.45, 7) is 2.29. The van der Waals surface area contributed by atoms with Crippen LogP contribution in [0.25, 0.3) is 0 Å². The highest BCUT2D eigenvalue weighted by atomic mass is 14.9. The van der Waals surface area contributed by atoms with Crippen LogP contribution >= 0.6 is 0 Å². The SMILES string of the molecule is CCCCCCCCCCCCCCCCCCc1ncc[nH]1. The smallest absolute Gasteiger partial charge is 0.105 e. The van der Waals surface area contributed by atoms with E-state index >= 15 is 0 Å². The van der Waals surface area contributed by atoms with E-state index in [-0.39, 0.29) is 0 Å². The number of H-pyrrole nitrogens is 1. The second kappa shape index (κ2) is 16.1. The molecule has 0 aromatic carbocycles. The second-order valence-corrected chi connectivity index (χ2v) is 7.09. The van der Waals surface area contributed by atoms with Crippen LogP contribution in [0.4, 0.5) is 0 Å². The van der Waals surface area contributed by atoms with Crippen LogP contribution in [0.1, 0.15) is 115 Å². The molecule has 0 fully saturated rings. The van der Waals surface area contributed by atoms with Gasteiger partial charge in [0.1, 0.15) is 5.82 Å². The molecule has 1 N–H and O–H groups in total. The van der Waals surface area contributed by atoms with E-state index in [9.17, 15) is 0 Å². The molecule has 134 valence electrons. The Morgan fingerprint density at radius 1 is 0.652 bits per heavy atom. The van der Waals surface area contributed by atoms with Crippen LogP contribution in [-0.4, -0.2) is 9.97 Å². The lowest BCUT2D eigenvalue weighted by Crippen LogP contribution is -1.88. The predicted molar refractivity (Wildman–Crippen MR) is 102 cm³/mol. The number of aromatic amines is 1. The van der Waals surface area contributed by atoms with Gasteiger partial charge in [0, 0.05) is 18.8 Å². The van der Waals surface area contributed by atoms with E-state index in [4.69, 9.17) is 0 Å². The molecule has 0 saturated heterocycles. The summed E-state index contributed by atoms with van der Waals surface area (Å²) in [6, 6.07) is 0. The summed E-state index contributed by atoms with van der Waals surface area (Å²) in [5, 5.41) is 0. The third-order valence-electron chi connectivity index (χ3n) is 4.82.